The molecule has 0 saturated carbocycles. The molecule has 11 heteroatoms. The minimum absolute atomic E-state index is 0.0700. The number of nitrogens with zero attached hydrogens (tertiary/aromatic N) is 4. The van der Waals surface area contributed by atoms with Gasteiger partial charge in [0.2, 0.25) is 5.91 Å². The summed E-state index contributed by atoms with van der Waals surface area (Å²) in [5, 5.41) is 23.0. The van der Waals surface area contributed by atoms with E-state index in [1.54, 1.807) is 18.2 Å². The van der Waals surface area contributed by atoms with Gasteiger partial charge in [0, 0.05) is 24.4 Å². The van der Waals surface area contributed by atoms with Gasteiger partial charge < -0.3 is 14.6 Å². The Bertz CT molecular complexity index is 1090. The number of nitro groups is 1. The van der Waals surface area contributed by atoms with E-state index in [0.29, 0.717) is 34.0 Å². The van der Waals surface area contributed by atoms with Crippen LogP contribution in [0.1, 0.15) is 25.8 Å². The van der Waals surface area contributed by atoms with Crippen molar-refractivity contribution in [1.29, 1.82) is 0 Å². The number of carbonyl (C=O) groups is 1. The zero-order chi connectivity index (χ0) is 22.4. The van der Waals surface area contributed by atoms with Crippen molar-refractivity contribution in [1.82, 2.24) is 14.8 Å². The fourth-order valence-corrected chi connectivity index (χ4v) is 3.80. The molecule has 31 heavy (non-hydrogen) atoms. The Labute approximate surface area is 187 Å². The SMILES string of the molecule is CCn1c(SCC(=O)Nc2cccc([N+](=O)[O-])c2)nnc1C(C)Oc1ccccc1Cl. The van der Waals surface area contributed by atoms with Crippen LogP contribution in [0.3, 0.4) is 0 Å². The molecule has 0 aliphatic carbocycles. The van der Waals surface area contributed by atoms with Gasteiger partial charge in [-0.15, -0.1) is 10.2 Å². The molecule has 1 amide bonds. The monoisotopic (exact) mass is 461 g/mol. The number of thioether (sulfide) groups is 1. The third-order valence-corrected chi connectivity index (χ3v) is 5.52. The quantitative estimate of drug-likeness (QED) is 0.278. The number of nitrogens with one attached hydrogen (secondary N) is 1. The molecule has 2 aromatic carbocycles. The van der Waals surface area contributed by atoms with Gasteiger partial charge >= 0.3 is 0 Å². The van der Waals surface area contributed by atoms with Crippen molar-refractivity contribution < 1.29 is 14.5 Å². The molecule has 1 unspecified atom stereocenters. The molecule has 9 nitrogen and oxygen atoms in total. The number of carbonyl (C=O) groups excluding carboxylic acids is 1. The lowest BCUT2D eigenvalue weighted by Crippen LogP contribution is -2.15. The minimum atomic E-state index is -0.512. The molecular weight excluding hydrogens is 442 g/mol. The summed E-state index contributed by atoms with van der Waals surface area (Å²) in [5.74, 6) is 0.926. The van der Waals surface area contributed by atoms with Gasteiger partial charge in [0.25, 0.3) is 5.69 Å². The van der Waals surface area contributed by atoms with Crippen molar-refractivity contribution in [2.45, 2.75) is 31.7 Å². The van der Waals surface area contributed by atoms with Gasteiger partial charge in [-0.2, -0.15) is 0 Å². The maximum atomic E-state index is 12.3. The summed E-state index contributed by atoms with van der Waals surface area (Å²) in [4.78, 5) is 22.6. The van der Waals surface area contributed by atoms with Gasteiger partial charge in [0.15, 0.2) is 17.1 Å². The van der Waals surface area contributed by atoms with E-state index in [4.69, 9.17) is 16.3 Å². The van der Waals surface area contributed by atoms with E-state index in [9.17, 15) is 14.9 Å². The molecule has 3 aromatic rings. The van der Waals surface area contributed by atoms with Crippen LogP contribution in [-0.2, 0) is 11.3 Å². The molecule has 1 heterocycles. The van der Waals surface area contributed by atoms with Gasteiger partial charge in [-0.05, 0) is 32.0 Å². The van der Waals surface area contributed by atoms with Gasteiger partial charge in [0.1, 0.15) is 5.75 Å². The van der Waals surface area contributed by atoms with Gasteiger partial charge in [-0.1, -0.05) is 41.6 Å². The summed E-state index contributed by atoms with van der Waals surface area (Å²) in [6.07, 6.45) is -0.402. The van der Waals surface area contributed by atoms with Gasteiger partial charge in [-0.3, -0.25) is 14.9 Å². The Kier molecular flexibility index (Phi) is 7.48. The lowest BCUT2D eigenvalue weighted by atomic mass is 10.3. The number of nitro benzene ring substituents is 1. The Balaban J connectivity index is 1.64. The largest absolute Gasteiger partial charge is 0.481 e. The second-order valence-corrected chi connectivity index (χ2v) is 7.77. The highest BCUT2D eigenvalue weighted by molar-refractivity contribution is 7.99. The molecule has 0 spiro atoms. The lowest BCUT2D eigenvalue weighted by Gasteiger charge is -2.16. The highest BCUT2D eigenvalue weighted by atomic mass is 35.5. The highest BCUT2D eigenvalue weighted by Gasteiger charge is 2.20. The van der Waals surface area contributed by atoms with Crippen LogP contribution in [0.4, 0.5) is 11.4 Å². The van der Waals surface area contributed by atoms with Crippen LogP contribution in [0.25, 0.3) is 0 Å². The van der Waals surface area contributed by atoms with Crippen LogP contribution in [-0.4, -0.2) is 31.3 Å². The average molecular weight is 462 g/mol. The number of rotatable bonds is 9. The van der Waals surface area contributed by atoms with Crippen molar-refractivity contribution in [2.24, 2.45) is 0 Å². The van der Waals surface area contributed by atoms with Gasteiger partial charge in [-0.25, -0.2) is 0 Å². The topological polar surface area (TPSA) is 112 Å². The maximum Gasteiger partial charge on any atom is 0.271 e. The molecule has 0 fully saturated rings. The Hall–Kier alpha value is -3.11. The zero-order valence-electron chi connectivity index (χ0n) is 16.8. The molecule has 1 atom stereocenters. The summed E-state index contributed by atoms with van der Waals surface area (Å²) in [6, 6.07) is 13.0. The second kappa shape index (κ2) is 10.3. The van der Waals surface area contributed by atoms with Crippen molar-refractivity contribution >= 4 is 40.6 Å². The van der Waals surface area contributed by atoms with Crippen LogP contribution < -0.4 is 10.1 Å². The van der Waals surface area contributed by atoms with E-state index >= 15 is 0 Å². The van der Waals surface area contributed by atoms with E-state index in [-0.39, 0.29) is 17.3 Å². The summed E-state index contributed by atoms with van der Waals surface area (Å²) in [5.41, 5.74) is 0.271. The minimum Gasteiger partial charge on any atom is -0.481 e. The van der Waals surface area contributed by atoms with Crippen molar-refractivity contribution in [3.63, 3.8) is 0 Å². The number of hydrogen-bond acceptors (Lipinski definition) is 7. The number of halogens is 1. The first kappa shape index (κ1) is 22.6. The number of aromatic nitrogens is 3. The summed E-state index contributed by atoms with van der Waals surface area (Å²) >= 11 is 7.38. The smallest absolute Gasteiger partial charge is 0.271 e. The molecule has 0 bridgehead atoms. The van der Waals surface area contributed by atoms with Crippen LogP contribution in [0.5, 0.6) is 5.75 Å². The van der Waals surface area contributed by atoms with Crippen molar-refractivity contribution in [3.8, 4) is 5.75 Å². The number of ether oxygens (including phenoxy) is 1. The molecule has 0 radical (unpaired) electrons. The molecule has 1 aromatic heterocycles. The molecule has 3 rings (SSSR count). The van der Waals surface area contributed by atoms with E-state index in [0.717, 1.165) is 0 Å². The standard InChI is InChI=1S/C20H20ClN5O4S/c1-3-25-19(13(2)30-17-10-5-4-9-16(17)21)23-24-20(25)31-12-18(27)22-14-7-6-8-15(11-14)26(28)29/h4-11,13H,3,12H2,1-2H3,(H,22,27). The van der Waals surface area contributed by atoms with E-state index < -0.39 is 11.0 Å². The average Bonchev–Trinajstić information content (AvgIpc) is 3.17. The third-order valence-electron chi connectivity index (χ3n) is 4.24. The molecule has 0 aliphatic heterocycles. The molecular formula is C20H20ClN5O4S. The summed E-state index contributed by atoms with van der Waals surface area (Å²) in [6.45, 7) is 4.39. The fraction of sp³-hybridized carbons (Fsp3) is 0.250. The maximum absolute atomic E-state index is 12.3. The fourth-order valence-electron chi connectivity index (χ4n) is 2.81. The predicted octanol–water partition coefficient (Wildman–Crippen LogP) is 4.73. The summed E-state index contributed by atoms with van der Waals surface area (Å²) < 4.78 is 7.79. The first-order chi connectivity index (χ1) is 14.9. The number of benzene rings is 2. The number of para-hydroxylation sites is 1. The summed E-state index contributed by atoms with van der Waals surface area (Å²) in [7, 11) is 0. The Morgan fingerprint density at radius 2 is 2.06 bits per heavy atom. The van der Waals surface area contributed by atoms with Crippen LogP contribution in [0.15, 0.2) is 53.7 Å². The zero-order valence-corrected chi connectivity index (χ0v) is 18.4. The third kappa shape index (κ3) is 5.74. The lowest BCUT2D eigenvalue weighted by molar-refractivity contribution is -0.384. The van der Waals surface area contributed by atoms with Gasteiger partial charge in [0.05, 0.1) is 15.7 Å². The van der Waals surface area contributed by atoms with Crippen LogP contribution >= 0.6 is 23.4 Å². The highest BCUT2D eigenvalue weighted by Crippen LogP contribution is 2.29. The molecule has 0 saturated heterocycles. The Morgan fingerprint density at radius 1 is 1.29 bits per heavy atom. The first-order valence-electron chi connectivity index (χ1n) is 9.40. The normalized spacial score (nSPS) is 11.7. The molecule has 162 valence electrons. The Morgan fingerprint density at radius 3 is 2.77 bits per heavy atom. The van der Waals surface area contributed by atoms with E-state index in [1.165, 1.54) is 30.0 Å². The number of amides is 1. The number of non-ortho nitro benzene ring substituents is 1. The van der Waals surface area contributed by atoms with Crippen LogP contribution in [0, 0.1) is 10.1 Å². The van der Waals surface area contributed by atoms with Crippen molar-refractivity contribution in [3.05, 3.63) is 69.5 Å². The second-order valence-electron chi connectivity index (χ2n) is 6.42. The van der Waals surface area contributed by atoms with E-state index in [1.807, 2.05) is 30.5 Å². The van der Waals surface area contributed by atoms with Crippen LogP contribution in [0.2, 0.25) is 5.02 Å². The number of hydrogen-bond donors (Lipinski definition) is 1. The molecule has 1 N–H and O–H groups in total. The van der Waals surface area contributed by atoms with Crippen molar-refractivity contribution in [2.75, 3.05) is 11.1 Å². The van der Waals surface area contributed by atoms with E-state index in [2.05, 4.69) is 15.5 Å². The first-order valence-corrected chi connectivity index (χ1v) is 10.8. The predicted molar refractivity (Wildman–Crippen MR) is 119 cm³/mol. The molecule has 0 aliphatic rings. The number of anilines is 1.